The summed E-state index contributed by atoms with van der Waals surface area (Å²) in [7, 11) is 0. The first kappa shape index (κ1) is 10.4. The van der Waals surface area contributed by atoms with Crippen molar-refractivity contribution in [3.05, 3.63) is 5.82 Å². The van der Waals surface area contributed by atoms with Crippen LogP contribution in [0.25, 0.3) is 0 Å². The van der Waals surface area contributed by atoms with Crippen molar-refractivity contribution in [2.24, 2.45) is 0 Å². The standard InChI is InChI=1S/C10H18N4O/c1-7(2)9-12-10(14-13-9)11-6-8-4-3-5-15-8/h7-8H,3-6H2,1-2H3,(H2,11,12,13,14)/t8-/m1/s1. The zero-order valence-corrected chi connectivity index (χ0v) is 9.29. The van der Waals surface area contributed by atoms with Crippen molar-refractivity contribution < 1.29 is 4.74 Å². The molecular formula is C10H18N4O. The van der Waals surface area contributed by atoms with Gasteiger partial charge >= 0.3 is 0 Å². The minimum atomic E-state index is 0.325. The lowest BCUT2D eigenvalue weighted by Gasteiger charge is -2.08. The van der Waals surface area contributed by atoms with Crippen molar-refractivity contribution in [3.8, 4) is 0 Å². The smallest absolute Gasteiger partial charge is 0.242 e. The summed E-state index contributed by atoms with van der Waals surface area (Å²) in [5.41, 5.74) is 0. The van der Waals surface area contributed by atoms with Crippen LogP contribution in [0, 0.1) is 0 Å². The fourth-order valence-electron chi connectivity index (χ4n) is 1.62. The van der Waals surface area contributed by atoms with Crippen molar-refractivity contribution in [1.82, 2.24) is 15.2 Å². The molecule has 0 aliphatic carbocycles. The highest BCUT2D eigenvalue weighted by Gasteiger charge is 2.15. The summed E-state index contributed by atoms with van der Waals surface area (Å²) in [6, 6.07) is 0. The number of hydrogen-bond donors (Lipinski definition) is 2. The predicted molar refractivity (Wildman–Crippen MR) is 57.9 cm³/mol. The summed E-state index contributed by atoms with van der Waals surface area (Å²) in [5, 5.41) is 10.2. The molecule has 1 fully saturated rings. The van der Waals surface area contributed by atoms with Gasteiger partial charge in [0.2, 0.25) is 5.95 Å². The molecule has 2 rings (SSSR count). The molecule has 0 radical (unpaired) electrons. The SMILES string of the molecule is CC(C)c1nc(NC[C@H]2CCCO2)n[nH]1. The molecule has 84 valence electrons. The maximum atomic E-state index is 5.50. The van der Waals surface area contributed by atoms with Gasteiger partial charge in [0.1, 0.15) is 5.82 Å². The Hall–Kier alpha value is -1.10. The average Bonchev–Trinajstić information content (AvgIpc) is 2.86. The first-order valence-electron chi connectivity index (χ1n) is 5.53. The van der Waals surface area contributed by atoms with E-state index in [0.717, 1.165) is 31.8 Å². The Labute approximate surface area is 89.6 Å². The van der Waals surface area contributed by atoms with Crippen LogP contribution in [0.5, 0.6) is 0 Å². The quantitative estimate of drug-likeness (QED) is 0.791. The van der Waals surface area contributed by atoms with E-state index >= 15 is 0 Å². The van der Waals surface area contributed by atoms with E-state index in [1.54, 1.807) is 0 Å². The van der Waals surface area contributed by atoms with Gasteiger partial charge in [-0.15, -0.1) is 5.10 Å². The molecule has 1 aromatic rings. The second-order valence-electron chi connectivity index (χ2n) is 4.21. The lowest BCUT2D eigenvalue weighted by atomic mass is 10.2. The summed E-state index contributed by atoms with van der Waals surface area (Å²) < 4.78 is 5.50. The molecule has 0 aromatic carbocycles. The van der Waals surface area contributed by atoms with Gasteiger partial charge in [-0.3, -0.25) is 5.10 Å². The molecule has 0 amide bonds. The maximum Gasteiger partial charge on any atom is 0.242 e. The van der Waals surface area contributed by atoms with Gasteiger partial charge in [-0.25, -0.2) is 0 Å². The van der Waals surface area contributed by atoms with Crippen molar-refractivity contribution in [2.75, 3.05) is 18.5 Å². The summed E-state index contributed by atoms with van der Waals surface area (Å²) in [6.45, 7) is 5.86. The van der Waals surface area contributed by atoms with Gasteiger partial charge in [0.05, 0.1) is 6.10 Å². The molecule has 0 saturated carbocycles. The number of ether oxygens (including phenoxy) is 1. The van der Waals surface area contributed by atoms with Gasteiger partial charge in [-0.2, -0.15) is 4.98 Å². The fourth-order valence-corrected chi connectivity index (χ4v) is 1.62. The number of nitrogens with zero attached hydrogens (tertiary/aromatic N) is 2. The fraction of sp³-hybridized carbons (Fsp3) is 0.800. The van der Waals surface area contributed by atoms with E-state index in [0.29, 0.717) is 18.0 Å². The van der Waals surface area contributed by atoms with Gasteiger partial charge in [-0.1, -0.05) is 13.8 Å². The van der Waals surface area contributed by atoms with E-state index in [1.807, 2.05) is 0 Å². The second-order valence-corrected chi connectivity index (χ2v) is 4.21. The predicted octanol–water partition coefficient (Wildman–Crippen LogP) is 1.52. The zero-order chi connectivity index (χ0) is 10.7. The van der Waals surface area contributed by atoms with Crippen LogP contribution in [0.15, 0.2) is 0 Å². The number of nitrogens with one attached hydrogen (secondary N) is 2. The maximum absolute atomic E-state index is 5.50. The molecule has 15 heavy (non-hydrogen) atoms. The molecular weight excluding hydrogens is 192 g/mol. The minimum Gasteiger partial charge on any atom is -0.376 e. The van der Waals surface area contributed by atoms with Crippen LogP contribution in [0.1, 0.15) is 38.4 Å². The van der Waals surface area contributed by atoms with Crippen molar-refractivity contribution in [1.29, 1.82) is 0 Å². The Bertz CT molecular complexity index is 304. The average molecular weight is 210 g/mol. The number of hydrogen-bond acceptors (Lipinski definition) is 4. The topological polar surface area (TPSA) is 62.8 Å². The van der Waals surface area contributed by atoms with E-state index in [9.17, 15) is 0 Å². The van der Waals surface area contributed by atoms with E-state index in [1.165, 1.54) is 0 Å². The molecule has 1 aliphatic heterocycles. The van der Waals surface area contributed by atoms with E-state index in [2.05, 4.69) is 34.3 Å². The molecule has 1 saturated heterocycles. The second kappa shape index (κ2) is 4.61. The first-order chi connectivity index (χ1) is 7.25. The molecule has 2 heterocycles. The van der Waals surface area contributed by atoms with E-state index < -0.39 is 0 Å². The Morgan fingerprint density at radius 2 is 2.47 bits per heavy atom. The largest absolute Gasteiger partial charge is 0.376 e. The third-order valence-electron chi connectivity index (χ3n) is 2.56. The summed E-state index contributed by atoms with van der Waals surface area (Å²) in [4.78, 5) is 4.34. The van der Waals surface area contributed by atoms with Gasteiger partial charge in [0.25, 0.3) is 0 Å². The minimum absolute atomic E-state index is 0.325. The number of H-pyrrole nitrogens is 1. The number of aromatic nitrogens is 3. The molecule has 1 aliphatic rings. The van der Waals surface area contributed by atoms with Gasteiger partial charge < -0.3 is 10.1 Å². The Kier molecular flexibility index (Phi) is 3.20. The molecule has 2 N–H and O–H groups in total. The van der Waals surface area contributed by atoms with Crippen LogP contribution in [-0.4, -0.2) is 34.4 Å². The molecule has 0 spiro atoms. The van der Waals surface area contributed by atoms with Crippen LogP contribution < -0.4 is 5.32 Å². The molecule has 1 atom stereocenters. The Balaban J connectivity index is 1.82. The monoisotopic (exact) mass is 210 g/mol. The first-order valence-corrected chi connectivity index (χ1v) is 5.53. The van der Waals surface area contributed by atoms with Crippen LogP contribution in [-0.2, 0) is 4.74 Å². The lowest BCUT2D eigenvalue weighted by Crippen LogP contribution is -2.18. The van der Waals surface area contributed by atoms with Crippen LogP contribution in [0.3, 0.4) is 0 Å². The van der Waals surface area contributed by atoms with Crippen LogP contribution in [0.2, 0.25) is 0 Å². The zero-order valence-electron chi connectivity index (χ0n) is 9.29. The summed E-state index contributed by atoms with van der Waals surface area (Å²) in [5.74, 6) is 1.98. The normalized spacial score (nSPS) is 21.1. The van der Waals surface area contributed by atoms with Crippen molar-refractivity contribution in [3.63, 3.8) is 0 Å². The summed E-state index contributed by atoms with van der Waals surface area (Å²) in [6.07, 6.45) is 2.62. The highest BCUT2D eigenvalue weighted by molar-refractivity contribution is 5.23. The van der Waals surface area contributed by atoms with Gasteiger partial charge in [-0.05, 0) is 12.8 Å². The number of rotatable bonds is 4. The highest BCUT2D eigenvalue weighted by atomic mass is 16.5. The number of anilines is 1. The summed E-state index contributed by atoms with van der Waals surface area (Å²) >= 11 is 0. The molecule has 1 aromatic heterocycles. The van der Waals surface area contributed by atoms with Crippen molar-refractivity contribution >= 4 is 5.95 Å². The third-order valence-corrected chi connectivity index (χ3v) is 2.56. The number of aromatic amines is 1. The van der Waals surface area contributed by atoms with Gasteiger partial charge in [0.15, 0.2) is 0 Å². The van der Waals surface area contributed by atoms with E-state index in [-0.39, 0.29) is 0 Å². The molecule has 0 bridgehead atoms. The van der Waals surface area contributed by atoms with Crippen LogP contribution >= 0.6 is 0 Å². The van der Waals surface area contributed by atoms with Crippen molar-refractivity contribution in [2.45, 2.75) is 38.7 Å². The van der Waals surface area contributed by atoms with E-state index in [4.69, 9.17) is 4.74 Å². The molecule has 5 heteroatoms. The molecule has 5 nitrogen and oxygen atoms in total. The lowest BCUT2D eigenvalue weighted by molar-refractivity contribution is 0.120. The van der Waals surface area contributed by atoms with Gasteiger partial charge in [0, 0.05) is 19.1 Å². The third kappa shape index (κ3) is 2.68. The Morgan fingerprint density at radius 3 is 3.07 bits per heavy atom. The molecule has 0 unspecified atom stereocenters. The Morgan fingerprint density at radius 1 is 1.60 bits per heavy atom. The van der Waals surface area contributed by atoms with Crippen LogP contribution in [0.4, 0.5) is 5.95 Å². The highest BCUT2D eigenvalue weighted by Crippen LogP contribution is 2.13.